The molecule has 0 atom stereocenters. The second kappa shape index (κ2) is 8.88. The fourth-order valence-corrected chi connectivity index (χ4v) is 5.19. The molecule has 2 amide bonds. The van der Waals surface area contributed by atoms with E-state index in [1.54, 1.807) is 35.4 Å². The smallest absolute Gasteiger partial charge is 0.339 e. The molecule has 36 heavy (non-hydrogen) atoms. The molecule has 0 saturated carbocycles. The van der Waals surface area contributed by atoms with Gasteiger partial charge in [0.2, 0.25) is 5.91 Å². The largest absolute Gasteiger partial charge is 0.389 e. The quantitative estimate of drug-likeness (QED) is 0.548. The number of piperidine rings is 1. The number of aromatic nitrogens is 3. The van der Waals surface area contributed by atoms with Gasteiger partial charge in [0.25, 0.3) is 5.91 Å². The van der Waals surface area contributed by atoms with Crippen molar-refractivity contribution in [1.82, 2.24) is 20.1 Å². The van der Waals surface area contributed by atoms with E-state index in [2.05, 4.69) is 15.2 Å². The average molecular weight is 520 g/mol. The number of carbonyl (C=O) groups excluding carboxylic acids is 3. The molecule has 0 radical (unpaired) electrons. The number of nitrogens with zero attached hydrogens (tertiary/aromatic N) is 4. The summed E-state index contributed by atoms with van der Waals surface area (Å²) in [5.41, 5.74) is 1.07. The number of likely N-dealkylation sites (tertiary alicyclic amines) is 1. The summed E-state index contributed by atoms with van der Waals surface area (Å²) in [4.78, 5) is 46.2. The minimum absolute atomic E-state index is 0.226. The van der Waals surface area contributed by atoms with Crippen LogP contribution in [0.4, 0.5) is 18.9 Å². The number of Topliss-reactive ketones (excluding diaryl/α,β-unsaturated/α-hetero) is 1. The molecule has 1 aromatic carbocycles. The van der Waals surface area contributed by atoms with Crippen LogP contribution in [0.2, 0.25) is 5.02 Å². The summed E-state index contributed by atoms with van der Waals surface area (Å²) in [6.45, 7) is 0.107. The van der Waals surface area contributed by atoms with Crippen LogP contribution in [-0.2, 0) is 15.0 Å². The Morgan fingerprint density at radius 1 is 1.14 bits per heavy atom. The number of nitrogens with one attached hydrogen (secondary N) is 1. The van der Waals surface area contributed by atoms with Crippen LogP contribution < -0.4 is 4.90 Å². The van der Waals surface area contributed by atoms with Crippen molar-refractivity contribution in [2.75, 3.05) is 24.5 Å². The normalized spacial score (nSPS) is 17.2. The van der Waals surface area contributed by atoms with Gasteiger partial charge >= 0.3 is 6.18 Å². The zero-order chi connectivity index (χ0) is 25.7. The van der Waals surface area contributed by atoms with E-state index in [4.69, 9.17) is 11.6 Å². The molecule has 2 aromatic heterocycles. The van der Waals surface area contributed by atoms with Crippen LogP contribution >= 0.6 is 11.6 Å². The molecule has 2 aliphatic rings. The van der Waals surface area contributed by atoms with Gasteiger partial charge in [0.1, 0.15) is 0 Å². The summed E-state index contributed by atoms with van der Waals surface area (Å²) in [6, 6.07) is 6.56. The molecule has 8 nitrogen and oxygen atoms in total. The third-order valence-electron chi connectivity index (χ3n) is 6.88. The highest BCUT2D eigenvalue weighted by Gasteiger charge is 2.53. The van der Waals surface area contributed by atoms with Gasteiger partial charge in [-0.05, 0) is 42.7 Å². The van der Waals surface area contributed by atoms with E-state index in [9.17, 15) is 27.6 Å². The van der Waals surface area contributed by atoms with Crippen molar-refractivity contribution in [3.8, 4) is 0 Å². The summed E-state index contributed by atoms with van der Waals surface area (Å²) >= 11 is 6.22. The first-order valence-corrected chi connectivity index (χ1v) is 11.7. The molecule has 12 heteroatoms. The molecule has 188 valence electrons. The molecular weight excluding hydrogens is 499 g/mol. The Labute approximate surface area is 208 Å². The summed E-state index contributed by atoms with van der Waals surface area (Å²) in [5.74, 6) is -1.25. The van der Waals surface area contributed by atoms with Crippen molar-refractivity contribution in [1.29, 1.82) is 0 Å². The number of fused-ring (bicyclic) bond motifs is 3. The Balaban J connectivity index is 1.35. The minimum Gasteiger partial charge on any atom is -0.339 e. The fourth-order valence-electron chi connectivity index (χ4n) is 5.01. The highest BCUT2D eigenvalue weighted by Crippen LogP contribution is 2.49. The van der Waals surface area contributed by atoms with E-state index in [1.807, 2.05) is 0 Å². The number of aromatic amines is 1. The van der Waals surface area contributed by atoms with Gasteiger partial charge in [-0.15, -0.1) is 0 Å². The predicted octanol–water partition coefficient (Wildman–Crippen LogP) is 4.04. The third kappa shape index (κ3) is 4.32. The number of hydrogen-bond donors (Lipinski definition) is 1. The predicted molar refractivity (Wildman–Crippen MR) is 125 cm³/mol. The van der Waals surface area contributed by atoms with Crippen molar-refractivity contribution in [2.45, 2.75) is 37.3 Å². The standard InChI is InChI=1S/C24H21ClF3N5O3/c25-16-1-2-19-18(10-16)23(22(36)33(19)13-17(34)3-4-24(26,27)28)5-7-32(8-6-23)21(35)15-9-14-12-30-31-20(14)29-11-15/h1-2,9-12H,3-8,13H2,(H,29,30,31). The number of hydrogen-bond acceptors (Lipinski definition) is 5. The maximum atomic E-state index is 13.6. The van der Waals surface area contributed by atoms with Gasteiger partial charge in [0, 0.05) is 41.8 Å². The number of benzene rings is 1. The maximum absolute atomic E-state index is 13.6. The number of ketones is 1. The van der Waals surface area contributed by atoms with E-state index in [-0.39, 0.29) is 24.9 Å². The molecule has 1 spiro atoms. The topological polar surface area (TPSA) is 99.3 Å². The van der Waals surface area contributed by atoms with Crippen molar-refractivity contribution in [2.24, 2.45) is 0 Å². The van der Waals surface area contributed by atoms with Gasteiger partial charge in [-0.1, -0.05) is 11.6 Å². The number of pyridine rings is 1. The molecule has 1 fully saturated rings. The van der Waals surface area contributed by atoms with Crippen molar-refractivity contribution < 1.29 is 27.6 Å². The number of H-pyrrole nitrogens is 1. The van der Waals surface area contributed by atoms with Crippen molar-refractivity contribution >= 4 is 45.9 Å². The Kier molecular flexibility index (Phi) is 5.98. The number of carbonyl (C=O) groups is 3. The first-order chi connectivity index (χ1) is 17.1. The Bertz CT molecular complexity index is 1360. The molecule has 2 aliphatic heterocycles. The van der Waals surface area contributed by atoms with Crippen LogP contribution in [0.3, 0.4) is 0 Å². The number of halogens is 4. The molecular formula is C24H21ClF3N5O3. The molecule has 0 aliphatic carbocycles. The molecule has 4 heterocycles. The average Bonchev–Trinajstić information content (AvgIpc) is 3.40. The van der Waals surface area contributed by atoms with Crippen molar-refractivity contribution in [3.63, 3.8) is 0 Å². The molecule has 1 N–H and O–H groups in total. The molecule has 1 saturated heterocycles. The van der Waals surface area contributed by atoms with Gasteiger partial charge < -0.3 is 9.80 Å². The molecule has 0 bridgehead atoms. The fraction of sp³-hybridized carbons (Fsp3) is 0.375. The van der Waals surface area contributed by atoms with Crippen LogP contribution in [0.5, 0.6) is 0 Å². The van der Waals surface area contributed by atoms with E-state index in [0.717, 1.165) is 0 Å². The lowest BCUT2D eigenvalue weighted by atomic mass is 9.73. The van der Waals surface area contributed by atoms with Gasteiger partial charge in [-0.25, -0.2) is 4.98 Å². The molecule has 3 aromatic rings. The number of anilines is 1. The van der Waals surface area contributed by atoms with Crippen LogP contribution in [-0.4, -0.2) is 63.5 Å². The van der Waals surface area contributed by atoms with Crippen LogP contribution in [0.1, 0.15) is 41.6 Å². The monoisotopic (exact) mass is 519 g/mol. The lowest BCUT2D eigenvalue weighted by molar-refractivity contribution is -0.142. The minimum atomic E-state index is -4.45. The van der Waals surface area contributed by atoms with Gasteiger partial charge in [0.05, 0.1) is 30.1 Å². The summed E-state index contributed by atoms with van der Waals surface area (Å²) in [7, 11) is 0. The first kappa shape index (κ1) is 24.2. The van der Waals surface area contributed by atoms with Crippen LogP contribution in [0.25, 0.3) is 11.0 Å². The van der Waals surface area contributed by atoms with Crippen LogP contribution in [0, 0.1) is 0 Å². The second-order valence-corrected chi connectivity index (χ2v) is 9.55. The lowest BCUT2D eigenvalue weighted by Crippen LogP contribution is -2.50. The van der Waals surface area contributed by atoms with E-state index in [0.29, 0.717) is 45.7 Å². The summed E-state index contributed by atoms with van der Waals surface area (Å²) < 4.78 is 37.7. The maximum Gasteiger partial charge on any atom is 0.389 e. The number of alkyl halides is 3. The second-order valence-electron chi connectivity index (χ2n) is 9.11. The number of amides is 2. The van der Waals surface area contributed by atoms with Crippen LogP contribution in [0.15, 0.2) is 36.7 Å². The highest BCUT2D eigenvalue weighted by atomic mass is 35.5. The summed E-state index contributed by atoms with van der Waals surface area (Å²) in [5, 5.41) is 7.75. The zero-order valence-corrected chi connectivity index (χ0v) is 19.7. The molecule has 5 rings (SSSR count). The van der Waals surface area contributed by atoms with E-state index >= 15 is 0 Å². The highest BCUT2D eigenvalue weighted by molar-refractivity contribution is 6.31. The van der Waals surface area contributed by atoms with E-state index in [1.165, 1.54) is 11.1 Å². The van der Waals surface area contributed by atoms with Crippen molar-refractivity contribution in [3.05, 3.63) is 52.8 Å². The Hall–Kier alpha value is -3.47. The SMILES string of the molecule is O=C(CCC(F)(F)F)CN1C(=O)C2(CCN(C(=O)c3cnc4[nH]ncc4c3)CC2)c2cc(Cl)ccc21. The first-order valence-electron chi connectivity index (χ1n) is 11.4. The summed E-state index contributed by atoms with van der Waals surface area (Å²) in [6.07, 6.45) is -2.75. The van der Waals surface area contributed by atoms with Gasteiger partial charge in [-0.2, -0.15) is 18.3 Å². The Morgan fingerprint density at radius 3 is 2.61 bits per heavy atom. The van der Waals surface area contributed by atoms with Gasteiger partial charge in [0.15, 0.2) is 11.4 Å². The lowest BCUT2D eigenvalue weighted by Gasteiger charge is -2.38. The molecule has 0 unspecified atom stereocenters. The third-order valence-corrected chi connectivity index (χ3v) is 7.12. The van der Waals surface area contributed by atoms with E-state index < -0.39 is 36.8 Å². The Morgan fingerprint density at radius 2 is 1.89 bits per heavy atom. The zero-order valence-electron chi connectivity index (χ0n) is 18.9. The number of rotatable bonds is 5. The van der Waals surface area contributed by atoms with Gasteiger partial charge in [-0.3, -0.25) is 19.5 Å².